The lowest BCUT2D eigenvalue weighted by Crippen LogP contribution is -2.12. The minimum atomic E-state index is -4.54. The van der Waals surface area contributed by atoms with Gasteiger partial charge in [-0.25, -0.2) is 37.5 Å². The maximum atomic E-state index is 12.8. The highest BCUT2D eigenvalue weighted by Crippen LogP contribution is 2.32. The molecule has 0 radical (unpaired) electrons. The quantitative estimate of drug-likeness (QED) is 0.223. The number of hydrogen-bond donors (Lipinski definition) is 1. The summed E-state index contributed by atoms with van der Waals surface area (Å²) in [5.41, 5.74) is -1.85. The van der Waals surface area contributed by atoms with Gasteiger partial charge < -0.3 is 5.32 Å². The van der Waals surface area contributed by atoms with Crippen LogP contribution in [0.1, 0.15) is 47.1 Å². The van der Waals surface area contributed by atoms with Crippen LogP contribution in [0.5, 0.6) is 0 Å². The minimum absolute atomic E-state index is 0.00695. The van der Waals surface area contributed by atoms with Gasteiger partial charge in [-0.3, -0.25) is 4.98 Å². The molecule has 6 nitrogen and oxygen atoms in total. The van der Waals surface area contributed by atoms with Crippen LogP contribution in [0, 0.1) is 13.8 Å². The maximum Gasteiger partial charge on any atom is 0.417 e. The van der Waals surface area contributed by atoms with E-state index < -0.39 is 36.0 Å². The van der Waals surface area contributed by atoms with Gasteiger partial charge in [0, 0.05) is 19.2 Å². The molecule has 0 aliphatic rings. The van der Waals surface area contributed by atoms with Gasteiger partial charge in [0.2, 0.25) is 0 Å². The Balaban J connectivity index is 0.000000335. The van der Waals surface area contributed by atoms with Crippen molar-refractivity contribution >= 4 is 52.2 Å². The number of halogens is 11. The van der Waals surface area contributed by atoms with Crippen LogP contribution in [-0.2, 0) is 12.6 Å². The lowest BCUT2D eigenvalue weighted by atomic mass is 10.2. The number of alkyl halides is 7. The first kappa shape index (κ1) is 31.0. The van der Waals surface area contributed by atoms with E-state index in [0.717, 1.165) is 6.07 Å². The van der Waals surface area contributed by atoms with E-state index in [0.29, 0.717) is 6.20 Å². The molecule has 0 amide bonds. The van der Waals surface area contributed by atoms with Gasteiger partial charge in [0.05, 0.1) is 16.3 Å². The smallest absolute Gasteiger partial charge is 0.368 e. The zero-order chi connectivity index (χ0) is 28.1. The third-order valence-electron chi connectivity index (χ3n) is 4.25. The van der Waals surface area contributed by atoms with Crippen LogP contribution in [-0.4, -0.2) is 31.5 Å². The number of nitrogens with zero attached hydrogens (tertiary/aromatic N) is 5. The van der Waals surface area contributed by atoms with Gasteiger partial charge in [-0.2, -0.15) is 13.2 Å². The second kappa shape index (κ2) is 13.0. The topological polar surface area (TPSA) is 76.5 Å². The SMILES string of the molecule is Cc1nc(Cl)c(Cl)c(C(F)F)n1.Cc1nc(NCCc2ncc(C(F)(F)F)cc2Cl)c(Cl)c(C(F)F)n1. The van der Waals surface area contributed by atoms with Crippen LogP contribution in [0.4, 0.5) is 36.6 Å². The first-order valence-corrected chi connectivity index (χ1v) is 11.4. The molecule has 1 N–H and O–H groups in total. The van der Waals surface area contributed by atoms with Crippen molar-refractivity contribution in [3.05, 3.63) is 66.8 Å². The summed E-state index contributed by atoms with van der Waals surface area (Å²) in [7, 11) is 0. The van der Waals surface area contributed by atoms with Crippen molar-refractivity contribution in [3.63, 3.8) is 0 Å². The molecular weight excluding hydrogens is 599 g/mol. The summed E-state index contributed by atoms with van der Waals surface area (Å²) in [5.74, 6) is 0.292. The number of anilines is 1. The summed E-state index contributed by atoms with van der Waals surface area (Å²) in [5, 5.41) is 1.86. The Kier molecular flexibility index (Phi) is 10.9. The lowest BCUT2D eigenvalue weighted by Gasteiger charge is -2.12. The molecule has 0 aliphatic heterocycles. The summed E-state index contributed by atoms with van der Waals surface area (Å²) in [6.07, 6.45) is -9.30. The molecule has 3 heterocycles. The van der Waals surface area contributed by atoms with Crippen molar-refractivity contribution in [1.82, 2.24) is 24.9 Å². The van der Waals surface area contributed by atoms with Crippen molar-refractivity contribution in [1.29, 1.82) is 0 Å². The first-order valence-electron chi connectivity index (χ1n) is 9.87. The summed E-state index contributed by atoms with van der Waals surface area (Å²) < 4.78 is 87.7. The van der Waals surface area contributed by atoms with Crippen LogP contribution in [0.3, 0.4) is 0 Å². The molecule has 17 heteroatoms. The Hall–Kier alpha value is -2.22. The molecule has 0 fully saturated rings. The van der Waals surface area contributed by atoms with Crippen molar-refractivity contribution < 1.29 is 30.7 Å². The van der Waals surface area contributed by atoms with Gasteiger partial charge in [-0.15, -0.1) is 0 Å². The fraction of sp³-hybridized carbons (Fsp3) is 0.350. The Morgan fingerprint density at radius 3 is 1.89 bits per heavy atom. The van der Waals surface area contributed by atoms with Crippen molar-refractivity contribution in [2.24, 2.45) is 0 Å². The zero-order valence-corrected chi connectivity index (χ0v) is 21.6. The second-order valence-electron chi connectivity index (χ2n) is 7.01. The third kappa shape index (κ3) is 8.66. The highest BCUT2D eigenvalue weighted by atomic mass is 35.5. The molecule has 0 unspecified atom stereocenters. The van der Waals surface area contributed by atoms with Gasteiger partial charge in [-0.05, 0) is 19.9 Å². The number of rotatable bonds is 6. The number of aryl methyl sites for hydroxylation is 2. The van der Waals surface area contributed by atoms with Gasteiger partial charge in [0.25, 0.3) is 12.9 Å². The average Bonchev–Trinajstić information content (AvgIpc) is 2.78. The summed E-state index contributed by atoms with van der Waals surface area (Å²) in [6.45, 7) is 3.02. The van der Waals surface area contributed by atoms with Crippen LogP contribution >= 0.6 is 46.4 Å². The minimum Gasteiger partial charge on any atom is -0.368 e. The molecule has 202 valence electrons. The molecule has 37 heavy (non-hydrogen) atoms. The highest BCUT2D eigenvalue weighted by molar-refractivity contribution is 6.41. The van der Waals surface area contributed by atoms with Gasteiger partial charge >= 0.3 is 6.18 Å². The predicted octanol–water partition coefficient (Wildman–Crippen LogP) is 8.13. The van der Waals surface area contributed by atoms with Gasteiger partial charge in [0.15, 0.2) is 5.15 Å². The molecule has 0 spiro atoms. The van der Waals surface area contributed by atoms with Gasteiger partial charge in [-0.1, -0.05) is 46.4 Å². The van der Waals surface area contributed by atoms with E-state index in [4.69, 9.17) is 46.4 Å². The van der Waals surface area contributed by atoms with E-state index in [1.54, 1.807) is 0 Å². The molecule has 0 aromatic carbocycles. The predicted molar refractivity (Wildman–Crippen MR) is 125 cm³/mol. The first-order chi connectivity index (χ1) is 17.1. The molecule has 0 atom stereocenters. The Morgan fingerprint density at radius 2 is 1.38 bits per heavy atom. The van der Waals surface area contributed by atoms with Crippen molar-refractivity contribution in [3.8, 4) is 0 Å². The largest absolute Gasteiger partial charge is 0.417 e. The maximum absolute atomic E-state index is 12.8. The normalized spacial score (nSPS) is 11.5. The zero-order valence-electron chi connectivity index (χ0n) is 18.6. The van der Waals surface area contributed by atoms with E-state index in [1.165, 1.54) is 13.8 Å². The fourth-order valence-electron chi connectivity index (χ4n) is 2.64. The standard InChI is InChI=1S/C14H11Cl2F5N4.C6H4Cl2F2N2/c1-6-24-11(12(17)18)10(16)13(25-6)22-3-2-9-8(15)4-7(5-23-9)14(19,20)21;1-2-11-4(6(9)10)3(7)5(8)12-2/h4-5,12H,2-3H2,1H3,(H,22,24,25);6H,1H3. The summed E-state index contributed by atoms with van der Waals surface area (Å²) >= 11 is 22.5. The van der Waals surface area contributed by atoms with E-state index in [2.05, 4.69) is 30.2 Å². The van der Waals surface area contributed by atoms with E-state index >= 15 is 0 Å². The molecule has 0 aliphatic carbocycles. The Morgan fingerprint density at radius 1 is 0.838 bits per heavy atom. The monoisotopic (exact) mass is 612 g/mol. The van der Waals surface area contributed by atoms with Crippen molar-refractivity contribution in [2.45, 2.75) is 39.3 Å². The number of pyridine rings is 1. The Labute approximate surface area is 225 Å². The molecule has 0 bridgehead atoms. The molecule has 3 rings (SSSR count). The Bertz CT molecular complexity index is 1240. The fourth-order valence-corrected chi connectivity index (χ4v) is 3.52. The van der Waals surface area contributed by atoms with Crippen molar-refractivity contribution in [2.75, 3.05) is 11.9 Å². The summed E-state index contributed by atoms with van der Waals surface area (Å²) in [4.78, 5) is 18.2. The average molecular weight is 614 g/mol. The number of hydrogen-bond acceptors (Lipinski definition) is 6. The second-order valence-corrected chi connectivity index (χ2v) is 8.53. The van der Waals surface area contributed by atoms with Crippen LogP contribution in [0.15, 0.2) is 12.3 Å². The van der Waals surface area contributed by atoms with E-state index in [9.17, 15) is 30.7 Å². The van der Waals surface area contributed by atoms with E-state index in [-0.39, 0.29) is 56.3 Å². The molecule has 3 aromatic heterocycles. The number of nitrogens with one attached hydrogen (secondary N) is 1. The van der Waals surface area contributed by atoms with Crippen LogP contribution < -0.4 is 5.32 Å². The molecule has 0 saturated heterocycles. The van der Waals surface area contributed by atoms with E-state index in [1.807, 2.05) is 0 Å². The molecule has 3 aromatic rings. The summed E-state index contributed by atoms with van der Waals surface area (Å²) in [6, 6.07) is 0.778. The molecular formula is C20H15Cl4F7N6. The van der Waals surface area contributed by atoms with Gasteiger partial charge in [0.1, 0.15) is 38.9 Å². The van der Waals surface area contributed by atoms with Crippen LogP contribution in [0.25, 0.3) is 0 Å². The lowest BCUT2D eigenvalue weighted by molar-refractivity contribution is -0.137. The molecule has 0 saturated carbocycles. The third-order valence-corrected chi connectivity index (χ3v) is 5.69. The number of aromatic nitrogens is 5. The van der Waals surface area contributed by atoms with Crippen LogP contribution in [0.2, 0.25) is 20.2 Å². The highest BCUT2D eigenvalue weighted by Gasteiger charge is 2.31.